The molecule has 0 atom stereocenters. The first-order valence-corrected chi connectivity index (χ1v) is 10.7. The van der Waals surface area contributed by atoms with Gasteiger partial charge in [0.2, 0.25) is 0 Å². The highest BCUT2D eigenvalue weighted by Crippen LogP contribution is 2.37. The Balaban J connectivity index is 1.61. The fourth-order valence-corrected chi connectivity index (χ4v) is 4.67. The smallest absolute Gasteiger partial charge is 0.123 e. The molecule has 0 aliphatic carbocycles. The minimum atomic E-state index is -0.243. The molecule has 1 heterocycles. The number of nitriles is 1. The molecule has 0 aliphatic rings. The molecule has 0 fully saturated rings. The third-order valence-electron chi connectivity index (χ3n) is 6.21. The molecule has 0 amide bonds. The maximum Gasteiger partial charge on any atom is 0.123 e. The van der Waals surface area contributed by atoms with Crippen LogP contribution < -0.4 is 0 Å². The number of nitrogens with zero attached hydrogens (tertiary/aromatic N) is 2. The summed E-state index contributed by atoms with van der Waals surface area (Å²) in [6.45, 7) is 0. The predicted octanol–water partition coefficient (Wildman–Crippen LogP) is 7.89. The lowest BCUT2D eigenvalue weighted by molar-refractivity contribution is 0.628. The van der Waals surface area contributed by atoms with Crippen LogP contribution in [0.3, 0.4) is 0 Å². The van der Waals surface area contributed by atoms with E-state index in [9.17, 15) is 9.65 Å². The second kappa shape index (κ2) is 7.55. The zero-order chi connectivity index (χ0) is 22.4. The second-order valence-corrected chi connectivity index (χ2v) is 8.08. The molecule has 0 saturated heterocycles. The van der Waals surface area contributed by atoms with Gasteiger partial charge in [-0.15, -0.1) is 0 Å². The van der Waals surface area contributed by atoms with Gasteiger partial charge in [-0.2, -0.15) is 5.26 Å². The van der Waals surface area contributed by atoms with Crippen LogP contribution in [0.2, 0.25) is 0 Å². The maximum atomic E-state index is 13.5. The number of pyridine rings is 1. The number of rotatable bonds is 2. The summed E-state index contributed by atoms with van der Waals surface area (Å²) in [4.78, 5) is 4.71. The lowest BCUT2D eigenvalue weighted by Crippen LogP contribution is -1.90. The summed E-state index contributed by atoms with van der Waals surface area (Å²) in [5.74, 6) is -0.243. The van der Waals surface area contributed by atoms with Gasteiger partial charge in [-0.3, -0.25) is 4.98 Å². The highest BCUT2D eigenvalue weighted by atomic mass is 19.1. The van der Waals surface area contributed by atoms with Gasteiger partial charge >= 0.3 is 0 Å². The number of benzene rings is 5. The first-order chi connectivity index (χ1) is 16.2. The Bertz CT molecular complexity index is 1730. The van der Waals surface area contributed by atoms with Crippen molar-refractivity contribution in [3.8, 4) is 28.5 Å². The van der Waals surface area contributed by atoms with Gasteiger partial charge in [-0.05, 0) is 68.4 Å². The molecule has 0 aliphatic heterocycles. The van der Waals surface area contributed by atoms with Crippen molar-refractivity contribution in [1.82, 2.24) is 4.98 Å². The Morgan fingerprint density at radius 2 is 1.39 bits per heavy atom. The van der Waals surface area contributed by atoms with E-state index >= 15 is 0 Å². The van der Waals surface area contributed by atoms with E-state index in [0.29, 0.717) is 5.56 Å². The van der Waals surface area contributed by atoms with Crippen molar-refractivity contribution in [2.24, 2.45) is 0 Å². The number of aromatic nitrogens is 1. The standard InChI is InChI=1S/C30H17FN2/c31-23-10-8-19(9-11-23)25-6-3-7-26-27(25)12-13-29-28(26)14-15-33-30(29)21-16-20-4-1-2-5-24(20)22(17-21)18-32/h1-17H. The van der Waals surface area contributed by atoms with Crippen LogP contribution in [0.1, 0.15) is 5.56 Å². The highest BCUT2D eigenvalue weighted by Gasteiger charge is 2.13. The first kappa shape index (κ1) is 19.2. The Hall–Kier alpha value is -4.55. The van der Waals surface area contributed by atoms with E-state index < -0.39 is 0 Å². The number of fused-ring (bicyclic) bond motifs is 4. The fourth-order valence-electron chi connectivity index (χ4n) is 4.67. The molecular formula is C30H17FN2. The Morgan fingerprint density at radius 1 is 0.636 bits per heavy atom. The number of hydrogen-bond acceptors (Lipinski definition) is 2. The molecule has 154 valence electrons. The van der Waals surface area contributed by atoms with Crippen molar-refractivity contribution < 1.29 is 4.39 Å². The van der Waals surface area contributed by atoms with Crippen LogP contribution >= 0.6 is 0 Å². The van der Waals surface area contributed by atoms with E-state index in [2.05, 4.69) is 36.4 Å². The molecule has 3 heteroatoms. The van der Waals surface area contributed by atoms with Crippen LogP contribution in [0, 0.1) is 17.1 Å². The average molecular weight is 424 g/mol. The molecule has 0 unspecified atom stereocenters. The van der Waals surface area contributed by atoms with Crippen LogP contribution in [0.4, 0.5) is 4.39 Å². The van der Waals surface area contributed by atoms with Gasteiger partial charge in [0.1, 0.15) is 5.82 Å². The monoisotopic (exact) mass is 424 g/mol. The molecule has 0 spiro atoms. The lowest BCUT2D eigenvalue weighted by atomic mass is 9.92. The van der Waals surface area contributed by atoms with Crippen LogP contribution in [0.25, 0.3) is 54.7 Å². The Kier molecular flexibility index (Phi) is 4.38. The molecule has 0 saturated carbocycles. The molecule has 6 aromatic rings. The molecular weight excluding hydrogens is 407 g/mol. The molecule has 6 rings (SSSR count). The maximum absolute atomic E-state index is 13.5. The van der Waals surface area contributed by atoms with E-state index in [0.717, 1.165) is 54.7 Å². The topological polar surface area (TPSA) is 36.7 Å². The van der Waals surface area contributed by atoms with Crippen LogP contribution in [-0.2, 0) is 0 Å². The quantitative estimate of drug-likeness (QED) is 0.265. The van der Waals surface area contributed by atoms with Crippen molar-refractivity contribution >= 4 is 32.3 Å². The Morgan fingerprint density at radius 3 is 2.24 bits per heavy atom. The normalized spacial score (nSPS) is 11.2. The van der Waals surface area contributed by atoms with Crippen molar-refractivity contribution in [3.63, 3.8) is 0 Å². The summed E-state index contributed by atoms with van der Waals surface area (Å²) < 4.78 is 13.5. The SMILES string of the molecule is N#Cc1cc(-c2nccc3c2ccc2c(-c4ccc(F)cc4)cccc23)cc2ccccc12. The first-order valence-electron chi connectivity index (χ1n) is 10.7. The van der Waals surface area contributed by atoms with Crippen LogP contribution in [0.15, 0.2) is 103 Å². The van der Waals surface area contributed by atoms with E-state index in [-0.39, 0.29) is 5.82 Å². The summed E-state index contributed by atoms with van der Waals surface area (Å²) in [7, 11) is 0. The third-order valence-corrected chi connectivity index (χ3v) is 6.21. The van der Waals surface area contributed by atoms with Crippen molar-refractivity contribution in [2.45, 2.75) is 0 Å². The van der Waals surface area contributed by atoms with Gasteiger partial charge in [-0.1, -0.05) is 66.7 Å². The van der Waals surface area contributed by atoms with E-state index in [1.54, 1.807) is 0 Å². The number of hydrogen-bond donors (Lipinski definition) is 0. The molecule has 0 N–H and O–H groups in total. The summed E-state index contributed by atoms with van der Waals surface area (Å²) in [6, 6.07) is 33.3. The van der Waals surface area contributed by atoms with Crippen molar-refractivity contribution in [1.29, 1.82) is 5.26 Å². The average Bonchev–Trinajstić information content (AvgIpc) is 2.87. The lowest BCUT2D eigenvalue weighted by Gasteiger charge is -2.13. The fraction of sp³-hybridized carbons (Fsp3) is 0. The van der Waals surface area contributed by atoms with Gasteiger partial charge < -0.3 is 0 Å². The summed E-state index contributed by atoms with van der Waals surface area (Å²) in [5, 5.41) is 16.0. The van der Waals surface area contributed by atoms with E-state index in [1.165, 1.54) is 12.1 Å². The molecule has 1 aromatic heterocycles. The molecule has 33 heavy (non-hydrogen) atoms. The van der Waals surface area contributed by atoms with Gasteiger partial charge in [0.25, 0.3) is 0 Å². The molecule has 2 nitrogen and oxygen atoms in total. The largest absolute Gasteiger partial charge is 0.256 e. The zero-order valence-corrected chi connectivity index (χ0v) is 17.6. The van der Waals surface area contributed by atoms with Gasteiger partial charge in [0, 0.05) is 17.1 Å². The predicted molar refractivity (Wildman–Crippen MR) is 132 cm³/mol. The summed E-state index contributed by atoms with van der Waals surface area (Å²) in [6.07, 6.45) is 1.82. The van der Waals surface area contributed by atoms with Gasteiger partial charge in [0.15, 0.2) is 0 Å². The Labute approximate surface area is 190 Å². The van der Waals surface area contributed by atoms with Crippen LogP contribution in [-0.4, -0.2) is 4.98 Å². The summed E-state index contributed by atoms with van der Waals surface area (Å²) >= 11 is 0. The minimum absolute atomic E-state index is 0.243. The highest BCUT2D eigenvalue weighted by molar-refractivity contribution is 6.15. The van der Waals surface area contributed by atoms with Crippen molar-refractivity contribution in [2.75, 3.05) is 0 Å². The van der Waals surface area contributed by atoms with E-state index in [4.69, 9.17) is 4.98 Å². The minimum Gasteiger partial charge on any atom is -0.256 e. The summed E-state index contributed by atoms with van der Waals surface area (Å²) in [5.41, 5.74) is 4.45. The zero-order valence-electron chi connectivity index (χ0n) is 17.6. The second-order valence-electron chi connectivity index (χ2n) is 8.08. The van der Waals surface area contributed by atoms with Crippen LogP contribution in [0.5, 0.6) is 0 Å². The molecule has 0 bridgehead atoms. The van der Waals surface area contributed by atoms with Crippen molar-refractivity contribution in [3.05, 3.63) is 115 Å². The van der Waals surface area contributed by atoms with Gasteiger partial charge in [-0.25, -0.2) is 4.39 Å². The van der Waals surface area contributed by atoms with Gasteiger partial charge in [0.05, 0.1) is 17.3 Å². The van der Waals surface area contributed by atoms with E-state index in [1.807, 2.05) is 60.8 Å². The molecule has 0 radical (unpaired) electrons. The number of halogens is 1. The third kappa shape index (κ3) is 3.12. The molecule has 5 aromatic carbocycles.